The van der Waals surface area contributed by atoms with Crippen LogP contribution in [-0.4, -0.2) is 36.7 Å². The zero-order valence-corrected chi connectivity index (χ0v) is 21.3. The fourth-order valence-electron chi connectivity index (χ4n) is 5.89. The molecule has 0 unspecified atom stereocenters. The Hall–Kier alpha value is -3.19. The fraction of sp³-hybridized carbons (Fsp3) is 0.393. The van der Waals surface area contributed by atoms with Gasteiger partial charge in [0, 0.05) is 29.3 Å². The SMILES string of the molecule is Cc1ccc(C(=O)O)cc1-n1c(C)cc([C@@H]2[C@@H](c3ccccn3)NC(=S)N2C2CCCCC2)c1C. The maximum atomic E-state index is 11.7. The highest BCUT2D eigenvalue weighted by molar-refractivity contribution is 7.80. The highest BCUT2D eigenvalue weighted by Crippen LogP contribution is 2.44. The molecule has 2 aromatic heterocycles. The quantitative estimate of drug-likeness (QED) is 0.442. The number of aryl methyl sites for hydroxylation is 2. The smallest absolute Gasteiger partial charge is 0.335 e. The number of carboxylic acids is 1. The van der Waals surface area contributed by atoms with Gasteiger partial charge in [0.05, 0.1) is 23.3 Å². The van der Waals surface area contributed by atoms with Crippen LogP contribution in [0, 0.1) is 20.8 Å². The molecule has 3 aromatic rings. The minimum atomic E-state index is -0.919. The number of carboxylic acid groups (broad SMARTS) is 1. The molecule has 5 rings (SSSR count). The Morgan fingerprint density at radius 1 is 1.09 bits per heavy atom. The van der Waals surface area contributed by atoms with Crippen LogP contribution in [0.25, 0.3) is 5.69 Å². The number of carbonyl (C=O) groups is 1. The molecule has 1 aromatic carbocycles. The lowest BCUT2D eigenvalue weighted by Crippen LogP contribution is -2.40. The van der Waals surface area contributed by atoms with Crippen LogP contribution in [-0.2, 0) is 0 Å². The maximum absolute atomic E-state index is 11.7. The number of thiocarbonyl (C=S) groups is 1. The van der Waals surface area contributed by atoms with E-state index in [4.69, 9.17) is 17.2 Å². The average molecular weight is 489 g/mol. The Kier molecular flexibility index (Phi) is 6.36. The summed E-state index contributed by atoms with van der Waals surface area (Å²) in [5.41, 5.74) is 6.59. The summed E-state index contributed by atoms with van der Waals surface area (Å²) < 4.78 is 2.19. The number of pyridine rings is 1. The second kappa shape index (κ2) is 9.46. The lowest BCUT2D eigenvalue weighted by molar-refractivity contribution is 0.0697. The molecular formula is C28H32N4O2S. The minimum Gasteiger partial charge on any atom is -0.478 e. The molecule has 7 heteroatoms. The fourth-order valence-corrected chi connectivity index (χ4v) is 6.28. The van der Waals surface area contributed by atoms with E-state index in [2.05, 4.69) is 40.8 Å². The summed E-state index contributed by atoms with van der Waals surface area (Å²) in [7, 11) is 0. The van der Waals surface area contributed by atoms with Crippen molar-refractivity contribution in [2.45, 2.75) is 71.0 Å². The lowest BCUT2D eigenvalue weighted by atomic mass is 9.90. The van der Waals surface area contributed by atoms with Crippen molar-refractivity contribution >= 4 is 23.3 Å². The zero-order chi connectivity index (χ0) is 24.7. The standard InChI is InChI=1S/C28H32N4O2S/c1-17-12-13-20(27(33)34)16-24(17)31-18(2)15-22(19(31)3)26-25(23-11-7-8-14-29-23)30-28(35)32(26)21-9-5-4-6-10-21/h7-8,11-16,21,25-26H,4-6,9-10H2,1-3H3,(H,30,35)(H,33,34)/t25-,26-/m1/s1. The van der Waals surface area contributed by atoms with Crippen LogP contribution in [0.2, 0.25) is 0 Å². The van der Waals surface area contributed by atoms with Crippen LogP contribution < -0.4 is 5.32 Å². The van der Waals surface area contributed by atoms with Crippen LogP contribution in [0.3, 0.4) is 0 Å². The van der Waals surface area contributed by atoms with Gasteiger partial charge < -0.3 is 19.9 Å². The molecule has 182 valence electrons. The number of hydrogen-bond acceptors (Lipinski definition) is 3. The third-order valence-corrected chi connectivity index (χ3v) is 7.92. The van der Waals surface area contributed by atoms with Gasteiger partial charge in [-0.3, -0.25) is 4.98 Å². The van der Waals surface area contributed by atoms with E-state index in [1.54, 1.807) is 12.1 Å². The number of benzene rings is 1. The molecule has 2 atom stereocenters. The van der Waals surface area contributed by atoms with Crippen LogP contribution in [0.5, 0.6) is 0 Å². The molecule has 1 saturated heterocycles. The van der Waals surface area contributed by atoms with Gasteiger partial charge in [-0.2, -0.15) is 0 Å². The molecular weight excluding hydrogens is 456 g/mol. The first-order chi connectivity index (χ1) is 16.9. The first-order valence-corrected chi connectivity index (χ1v) is 12.8. The molecule has 35 heavy (non-hydrogen) atoms. The summed E-state index contributed by atoms with van der Waals surface area (Å²) in [5, 5.41) is 14.0. The Balaban J connectivity index is 1.65. The predicted octanol–water partition coefficient (Wildman–Crippen LogP) is 5.80. The first kappa shape index (κ1) is 23.5. The molecule has 3 heterocycles. The van der Waals surface area contributed by atoms with Gasteiger partial charge in [0.2, 0.25) is 0 Å². The molecule has 0 amide bonds. The third kappa shape index (κ3) is 4.22. The van der Waals surface area contributed by atoms with Crippen LogP contribution in [0.15, 0.2) is 48.7 Å². The minimum absolute atomic E-state index is 0.0170. The molecule has 1 aliphatic heterocycles. The lowest BCUT2D eigenvalue weighted by Gasteiger charge is -2.37. The van der Waals surface area contributed by atoms with E-state index < -0.39 is 5.97 Å². The molecule has 0 bridgehead atoms. The van der Waals surface area contributed by atoms with E-state index in [0.717, 1.165) is 46.3 Å². The second-order valence-corrected chi connectivity index (χ2v) is 10.2. The van der Waals surface area contributed by atoms with Crippen molar-refractivity contribution in [1.29, 1.82) is 0 Å². The summed E-state index contributed by atoms with van der Waals surface area (Å²) in [5.74, 6) is -0.919. The molecule has 2 N–H and O–H groups in total. The second-order valence-electron chi connectivity index (χ2n) is 9.79. The Morgan fingerprint density at radius 2 is 1.86 bits per heavy atom. The van der Waals surface area contributed by atoms with Crippen molar-refractivity contribution < 1.29 is 9.90 Å². The van der Waals surface area contributed by atoms with E-state index >= 15 is 0 Å². The summed E-state index contributed by atoms with van der Waals surface area (Å²) in [6.07, 6.45) is 7.87. The van der Waals surface area contributed by atoms with Crippen molar-refractivity contribution in [2.75, 3.05) is 0 Å². The van der Waals surface area contributed by atoms with Crippen molar-refractivity contribution in [2.24, 2.45) is 0 Å². The van der Waals surface area contributed by atoms with Crippen LogP contribution in [0.4, 0.5) is 0 Å². The molecule has 2 aliphatic rings. The first-order valence-electron chi connectivity index (χ1n) is 12.4. The van der Waals surface area contributed by atoms with E-state index in [1.807, 2.05) is 31.3 Å². The molecule has 6 nitrogen and oxygen atoms in total. The van der Waals surface area contributed by atoms with Crippen LogP contribution >= 0.6 is 12.2 Å². The highest BCUT2D eigenvalue weighted by atomic mass is 32.1. The monoisotopic (exact) mass is 488 g/mol. The number of aromatic nitrogens is 2. The van der Waals surface area contributed by atoms with Gasteiger partial charge in [0.15, 0.2) is 5.11 Å². The number of nitrogens with one attached hydrogen (secondary N) is 1. The van der Waals surface area contributed by atoms with E-state index in [0.29, 0.717) is 11.6 Å². The molecule has 1 saturated carbocycles. The van der Waals surface area contributed by atoms with Gasteiger partial charge in [0.1, 0.15) is 0 Å². The van der Waals surface area contributed by atoms with E-state index in [1.165, 1.54) is 24.8 Å². The van der Waals surface area contributed by atoms with Gasteiger partial charge in [-0.05, 0) is 87.3 Å². The van der Waals surface area contributed by atoms with E-state index in [9.17, 15) is 9.90 Å². The van der Waals surface area contributed by atoms with Crippen molar-refractivity contribution in [3.63, 3.8) is 0 Å². The molecule has 2 fully saturated rings. The third-order valence-electron chi connectivity index (χ3n) is 7.59. The Morgan fingerprint density at radius 3 is 2.54 bits per heavy atom. The Labute approximate surface area is 212 Å². The number of rotatable bonds is 5. The topological polar surface area (TPSA) is 70.4 Å². The van der Waals surface area contributed by atoms with Gasteiger partial charge in [0.25, 0.3) is 0 Å². The van der Waals surface area contributed by atoms with Gasteiger partial charge in [-0.25, -0.2) is 4.79 Å². The molecule has 0 spiro atoms. The Bertz CT molecular complexity index is 1260. The highest BCUT2D eigenvalue weighted by Gasteiger charge is 2.44. The predicted molar refractivity (Wildman–Crippen MR) is 141 cm³/mol. The van der Waals surface area contributed by atoms with Gasteiger partial charge in [-0.1, -0.05) is 31.4 Å². The average Bonchev–Trinajstić information content (AvgIpc) is 3.35. The zero-order valence-electron chi connectivity index (χ0n) is 20.5. The van der Waals surface area contributed by atoms with Crippen molar-refractivity contribution in [3.8, 4) is 5.69 Å². The summed E-state index contributed by atoms with van der Waals surface area (Å²) in [6, 6.07) is 14.0. The summed E-state index contributed by atoms with van der Waals surface area (Å²) in [6.45, 7) is 6.24. The van der Waals surface area contributed by atoms with E-state index in [-0.39, 0.29) is 12.1 Å². The largest absolute Gasteiger partial charge is 0.478 e. The summed E-state index contributed by atoms with van der Waals surface area (Å²) >= 11 is 5.93. The van der Waals surface area contributed by atoms with Gasteiger partial charge >= 0.3 is 5.97 Å². The van der Waals surface area contributed by atoms with Crippen LogP contribution in [0.1, 0.15) is 82.8 Å². The molecule has 1 aliphatic carbocycles. The molecule has 0 radical (unpaired) electrons. The summed E-state index contributed by atoms with van der Waals surface area (Å²) in [4.78, 5) is 18.8. The number of aromatic carboxylic acids is 1. The van der Waals surface area contributed by atoms with Crippen molar-refractivity contribution in [3.05, 3.63) is 82.4 Å². The number of hydrogen-bond donors (Lipinski definition) is 2. The van der Waals surface area contributed by atoms with Crippen molar-refractivity contribution in [1.82, 2.24) is 19.8 Å². The maximum Gasteiger partial charge on any atom is 0.335 e. The normalized spacial score (nSPS) is 20.8. The number of nitrogens with zero attached hydrogens (tertiary/aromatic N) is 3. The van der Waals surface area contributed by atoms with Gasteiger partial charge in [-0.15, -0.1) is 0 Å².